The van der Waals surface area contributed by atoms with Crippen LogP contribution >= 0.6 is 23.1 Å². The van der Waals surface area contributed by atoms with Crippen LogP contribution in [0.1, 0.15) is 42.7 Å². The highest BCUT2D eigenvalue weighted by Crippen LogP contribution is 2.41. The highest BCUT2D eigenvalue weighted by atomic mass is 32.2. The Bertz CT molecular complexity index is 1960. The van der Waals surface area contributed by atoms with Crippen LogP contribution in [0, 0.1) is 21.4 Å². The molecule has 234 valence electrons. The summed E-state index contributed by atoms with van der Waals surface area (Å²) in [7, 11) is 0. The highest BCUT2D eigenvalue weighted by Gasteiger charge is 2.28. The number of amides is 2. The summed E-state index contributed by atoms with van der Waals surface area (Å²) in [5, 5.41) is 26.9. The molecule has 2 amide bonds. The maximum Gasteiger partial charge on any atom is 0.269 e. The molecule has 2 N–H and O–H groups in total. The Balaban J connectivity index is 1.19. The van der Waals surface area contributed by atoms with Crippen molar-refractivity contribution in [3.05, 3.63) is 152 Å². The average molecular weight is 660 g/mol. The van der Waals surface area contributed by atoms with Crippen molar-refractivity contribution in [3.63, 3.8) is 0 Å². The molecule has 0 saturated heterocycles. The summed E-state index contributed by atoms with van der Waals surface area (Å²) < 4.78 is 0. The lowest BCUT2D eigenvalue weighted by Crippen LogP contribution is -2.29. The van der Waals surface area contributed by atoms with Gasteiger partial charge in [-0.05, 0) is 53.4 Å². The lowest BCUT2D eigenvalue weighted by Gasteiger charge is -2.26. The number of hydrogen-bond acceptors (Lipinski definition) is 8. The molecule has 0 bridgehead atoms. The topological polar surface area (TPSA) is 128 Å². The van der Waals surface area contributed by atoms with Gasteiger partial charge in [-0.1, -0.05) is 66.7 Å². The van der Waals surface area contributed by atoms with E-state index in [1.807, 2.05) is 54.6 Å². The number of carbonyl (C=O) groups excluding carboxylic acids is 2. The maximum absolute atomic E-state index is 14.0. The molecule has 47 heavy (non-hydrogen) atoms. The van der Waals surface area contributed by atoms with E-state index in [9.17, 15) is 25.0 Å². The van der Waals surface area contributed by atoms with Gasteiger partial charge in [-0.15, -0.1) is 23.1 Å². The lowest BCUT2D eigenvalue weighted by molar-refractivity contribution is -0.384. The molecular weight excluding hydrogens is 631 g/mol. The number of nitrogens with one attached hydrogen (secondary N) is 2. The van der Waals surface area contributed by atoms with Crippen LogP contribution in [0.15, 0.2) is 114 Å². The number of rotatable bonds is 10. The number of carbonyl (C=O) groups is 2. The van der Waals surface area contributed by atoms with Crippen LogP contribution in [0.3, 0.4) is 0 Å². The molecule has 6 rings (SSSR count). The molecular formula is C36H29N5O4S2. The Morgan fingerprint density at radius 2 is 1.68 bits per heavy atom. The zero-order chi connectivity index (χ0) is 32.8. The first-order valence-electron chi connectivity index (χ1n) is 14.9. The standard InChI is InChI=1S/C36H29N5O4S2/c37-21-31-30-18-19-40(22-24-8-3-1-4-9-24)23-32(30)47-36(31)39-35(43)33(25-10-5-2-6-11-25)46-29-13-7-12-27(20-29)38-34(42)26-14-16-28(17-15-26)41(44)45/h1-17,20,33H,18-19,22-23H2,(H,38,42)(H,39,43). The van der Waals surface area contributed by atoms with Gasteiger partial charge >= 0.3 is 0 Å². The predicted molar refractivity (Wildman–Crippen MR) is 184 cm³/mol. The largest absolute Gasteiger partial charge is 0.322 e. The Morgan fingerprint density at radius 1 is 0.957 bits per heavy atom. The third kappa shape index (κ3) is 7.58. The Morgan fingerprint density at radius 3 is 2.38 bits per heavy atom. The van der Waals surface area contributed by atoms with Crippen LogP contribution in [0.4, 0.5) is 16.4 Å². The van der Waals surface area contributed by atoms with Crippen molar-refractivity contribution >= 4 is 51.3 Å². The van der Waals surface area contributed by atoms with Gasteiger partial charge in [0.25, 0.3) is 11.6 Å². The number of non-ortho nitro benzene ring substituents is 1. The number of thioether (sulfide) groups is 1. The minimum Gasteiger partial charge on any atom is -0.322 e. The van der Waals surface area contributed by atoms with Crippen LogP contribution in [0.25, 0.3) is 0 Å². The van der Waals surface area contributed by atoms with Crippen molar-refractivity contribution in [2.75, 3.05) is 17.2 Å². The Labute approximate surface area is 280 Å². The molecule has 0 aliphatic carbocycles. The number of thiophene rings is 1. The number of nitro benzene ring substituents is 1. The smallest absolute Gasteiger partial charge is 0.269 e. The normalized spacial score (nSPS) is 13.2. The van der Waals surface area contributed by atoms with Gasteiger partial charge in [0.15, 0.2) is 0 Å². The fourth-order valence-electron chi connectivity index (χ4n) is 5.44. The van der Waals surface area contributed by atoms with Crippen LogP contribution in [-0.2, 0) is 24.3 Å². The Kier molecular flexibility index (Phi) is 9.73. The van der Waals surface area contributed by atoms with Gasteiger partial charge in [0.05, 0.1) is 10.5 Å². The van der Waals surface area contributed by atoms with Crippen molar-refractivity contribution in [3.8, 4) is 6.07 Å². The second kappa shape index (κ2) is 14.4. The van der Waals surface area contributed by atoms with Crippen molar-refractivity contribution in [2.24, 2.45) is 0 Å². The highest BCUT2D eigenvalue weighted by molar-refractivity contribution is 8.00. The first-order valence-corrected chi connectivity index (χ1v) is 16.6. The monoisotopic (exact) mass is 659 g/mol. The number of nitro groups is 1. The van der Waals surface area contributed by atoms with E-state index in [1.165, 1.54) is 52.9 Å². The van der Waals surface area contributed by atoms with Gasteiger partial charge in [0.2, 0.25) is 5.91 Å². The summed E-state index contributed by atoms with van der Waals surface area (Å²) >= 11 is 2.80. The van der Waals surface area contributed by atoms with Crippen LogP contribution < -0.4 is 10.6 Å². The van der Waals surface area contributed by atoms with E-state index < -0.39 is 16.1 Å². The fraction of sp³-hybridized carbons (Fsp3) is 0.139. The number of nitrogens with zero attached hydrogens (tertiary/aromatic N) is 3. The molecule has 9 nitrogen and oxygen atoms in total. The van der Waals surface area contributed by atoms with E-state index in [0.29, 0.717) is 22.8 Å². The molecule has 1 unspecified atom stereocenters. The molecule has 1 atom stereocenters. The summed E-state index contributed by atoms with van der Waals surface area (Å²) in [5.41, 5.74) is 4.28. The van der Waals surface area contributed by atoms with E-state index in [2.05, 4.69) is 33.7 Å². The summed E-state index contributed by atoms with van der Waals surface area (Å²) in [6.07, 6.45) is 0.743. The fourth-order valence-corrected chi connectivity index (χ4v) is 7.77. The molecule has 1 aliphatic heterocycles. The van der Waals surface area contributed by atoms with Gasteiger partial charge in [-0.25, -0.2) is 0 Å². The first-order chi connectivity index (χ1) is 22.9. The summed E-state index contributed by atoms with van der Waals surface area (Å²) in [5.74, 6) is -0.662. The van der Waals surface area contributed by atoms with E-state index in [0.717, 1.165) is 40.4 Å². The second-order valence-electron chi connectivity index (χ2n) is 10.9. The van der Waals surface area contributed by atoms with E-state index in [4.69, 9.17) is 0 Å². The summed E-state index contributed by atoms with van der Waals surface area (Å²) in [4.78, 5) is 41.4. The predicted octanol–water partition coefficient (Wildman–Crippen LogP) is 7.81. The van der Waals surface area contributed by atoms with Crippen LogP contribution in [0.5, 0.6) is 0 Å². The summed E-state index contributed by atoms with van der Waals surface area (Å²) in [6.45, 7) is 2.37. The van der Waals surface area contributed by atoms with Crippen molar-refractivity contribution in [2.45, 2.75) is 29.7 Å². The SMILES string of the molecule is N#Cc1c(NC(=O)C(Sc2cccc(NC(=O)c3ccc([N+](=O)[O-])cc3)c2)c2ccccc2)sc2c1CCN(Cc1ccccc1)C2. The molecule has 0 saturated carbocycles. The Hall–Kier alpha value is -5.28. The molecule has 0 fully saturated rings. The molecule has 0 spiro atoms. The van der Waals surface area contributed by atoms with E-state index in [1.54, 1.807) is 18.2 Å². The van der Waals surface area contributed by atoms with Gasteiger partial charge in [0.1, 0.15) is 16.3 Å². The quantitative estimate of drug-likeness (QED) is 0.0889. The van der Waals surface area contributed by atoms with Crippen molar-refractivity contribution < 1.29 is 14.5 Å². The maximum atomic E-state index is 14.0. The average Bonchev–Trinajstić information content (AvgIpc) is 3.44. The zero-order valence-electron chi connectivity index (χ0n) is 25.1. The third-order valence-corrected chi connectivity index (χ3v) is 10.1. The molecule has 11 heteroatoms. The number of nitriles is 1. The first kappa shape index (κ1) is 31.7. The molecule has 1 aromatic heterocycles. The number of anilines is 2. The minimum absolute atomic E-state index is 0.0974. The van der Waals surface area contributed by atoms with E-state index in [-0.39, 0.29) is 17.2 Å². The number of benzene rings is 4. The molecule has 0 radical (unpaired) electrons. The van der Waals surface area contributed by atoms with Gasteiger partial charge in [-0.2, -0.15) is 5.26 Å². The van der Waals surface area contributed by atoms with Gasteiger partial charge in [0, 0.05) is 52.8 Å². The molecule has 1 aliphatic rings. The summed E-state index contributed by atoms with van der Waals surface area (Å²) in [6, 6.07) is 34.6. The minimum atomic E-state index is -0.642. The van der Waals surface area contributed by atoms with Gasteiger partial charge in [-0.3, -0.25) is 24.6 Å². The van der Waals surface area contributed by atoms with Crippen LogP contribution in [0.2, 0.25) is 0 Å². The molecule has 2 heterocycles. The lowest BCUT2D eigenvalue weighted by atomic mass is 10.0. The van der Waals surface area contributed by atoms with Crippen molar-refractivity contribution in [1.82, 2.24) is 4.90 Å². The number of hydrogen-bond donors (Lipinski definition) is 2. The number of fused-ring (bicyclic) bond motifs is 1. The zero-order valence-corrected chi connectivity index (χ0v) is 26.7. The van der Waals surface area contributed by atoms with E-state index >= 15 is 0 Å². The molecule has 5 aromatic rings. The second-order valence-corrected chi connectivity index (χ2v) is 13.2. The van der Waals surface area contributed by atoms with Crippen molar-refractivity contribution in [1.29, 1.82) is 5.26 Å². The van der Waals surface area contributed by atoms with Crippen LogP contribution in [-0.4, -0.2) is 28.2 Å². The van der Waals surface area contributed by atoms with Gasteiger partial charge < -0.3 is 10.6 Å². The third-order valence-electron chi connectivity index (χ3n) is 7.76. The molecule has 4 aromatic carbocycles.